The van der Waals surface area contributed by atoms with E-state index in [0.29, 0.717) is 0 Å². The van der Waals surface area contributed by atoms with E-state index in [1.165, 1.54) is 5.57 Å². The van der Waals surface area contributed by atoms with Crippen LogP contribution < -0.4 is 0 Å². The Hall–Kier alpha value is -0.496. The van der Waals surface area contributed by atoms with Crippen LogP contribution >= 0.6 is 0 Å². The van der Waals surface area contributed by atoms with Crippen LogP contribution in [-0.2, 0) is 13.6 Å². The molecule has 0 aliphatic carbocycles. The average Bonchev–Trinajstić information content (AvgIpc) is 2.51. The molecule has 0 spiro atoms. The average molecular weight is 441 g/mol. The van der Waals surface area contributed by atoms with Crippen LogP contribution in [0.4, 0.5) is 0 Å². The first-order valence-corrected chi connectivity index (χ1v) is 16.8. The van der Waals surface area contributed by atoms with Crippen LogP contribution in [0.25, 0.3) is 0 Å². The van der Waals surface area contributed by atoms with Gasteiger partial charge in [0.1, 0.15) is 6.29 Å². The first-order chi connectivity index (χ1) is 12.8. The quantitative estimate of drug-likeness (QED) is 0.152. The van der Waals surface area contributed by atoms with E-state index >= 15 is 0 Å². The van der Waals surface area contributed by atoms with Gasteiger partial charge in [0, 0.05) is 12.5 Å². The Balaban J connectivity index is 5.44. The number of rotatable bonds is 10. The van der Waals surface area contributed by atoms with Gasteiger partial charge in [-0.2, -0.15) is 0 Å². The molecular formula is C24H48O3Si2. The van der Waals surface area contributed by atoms with Crippen molar-refractivity contribution >= 4 is 22.9 Å². The van der Waals surface area contributed by atoms with Gasteiger partial charge in [-0.1, -0.05) is 66.2 Å². The van der Waals surface area contributed by atoms with E-state index in [1.807, 2.05) is 13.0 Å². The summed E-state index contributed by atoms with van der Waals surface area (Å²) in [6, 6.07) is 0. The SMILES string of the molecule is C/C(C=O)=C/[C@@H](C)[C@H](/C=C(\C)CCO[Si](C)(C)C(C)(C)C)O[Si](C)(C)C(C)(C)C. The molecule has 170 valence electrons. The summed E-state index contributed by atoms with van der Waals surface area (Å²) < 4.78 is 13.1. The van der Waals surface area contributed by atoms with Crippen molar-refractivity contribution in [3.63, 3.8) is 0 Å². The third-order valence-corrected chi connectivity index (χ3v) is 15.7. The Kier molecular flexibility index (Phi) is 10.5. The molecule has 0 saturated carbocycles. The van der Waals surface area contributed by atoms with Gasteiger partial charge in [-0.05, 0) is 62.1 Å². The van der Waals surface area contributed by atoms with Gasteiger partial charge in [-0.3, -0.25) is 4.79 Å². The summed E-state index contributed by atoms with van der Waals surface area (Å²) in [4.78, 5) is 11.1. The van der Waals surface area contributed by atoms with Gasteiger partial charge < -0.3 is 8.85 Å². The Morgan fingerprint density at radius 2 is 1.38 bits per heavy atom. The van der Waals surface area contributed by atoms with Gasteiger partial charge in [0.05, 0.1) is 6.10 Å². The molecule has 0 rings (SSSR count). The second-order valence-corrected chi connectivity index (χ2v) is 21.2. The largest absolute Gasteiger partial charge is 0.417 e. The van der Waals surface area contributed by atoms with Crippen LogP contribution in [0.15, 0.2) is 23.3 Å². The summed E-state index contributed by atoms with van der Waals surface area (Å²) >= 11 is 0. The molecule has 0 fully saturated rings. The lowest BCUT2D eigenvalue weighted by atomic mass is 9.99. The van der Waals surface area contributed by atoms with Crippen LogP contribution in [0.2, 0.25) is 36.3 Å². The molecule has 0 radical (unpaired) electrons. The fourth-order valence-corrected chi connectivity index (χ4v) is 4.77. The molecule has 0 aromatic heterocycles. The van der Waals surface area contributed by atoms with Gasteiger partial charge in [0.15, 0.2) is 16.6 Å². The molecule has 0 bridgehead atoms. The van der Waals surface area contributed by atoms with Gasteiger partial charge in [0.2, 0.25) is 0 Å². The van der Waals surface area contributed by atoms with Crippen molar-refractivity contribution in [1.82, 2.24) is 0 Å². The maximum absolute atomic E-state index is 11.1. The van der Waals surface area contributed by atoms with E-state index in [-0.39, 0.29) is 22.1 Å². The summed E-state index contributed by atoms with van der Waals surface area (Å²) in [5, 5.41) is 0.367. The van der Waals surface area contributed by atoms with Gasteiger partial charge >= 0.3 is 0 Å². The van der Waals surface area contributed by atoms with Crippen molar-refractivity contribution in [3.05, 3.63) is 23.3 Å². The van der Waals surface area contributed by atoms with Crippen LogP contribution in [0, 0.1) is 5.92 Å². The van der Waals surface area contributed by atoms with Crippen molar-refractivity contribution in [2.45, 2.75) is 111 Å². The maximum atomic E-state index is 11.1. The van der Waals surface area contributed by atoms with Crippen LogP contribution in [0.3, 0.4) is 0 Å². The van der Waals surface area contributed by atoms with Crippen LogP contribution in [0.1, 0.15) is 68.7 Å². The van der Waals surface area contributed by atoms with Gasteiger partial charge in [-0.25, -0.2) is 0 Å². The number of carbonyl (C=O) groups is 1. The monoisotopic (exact) mass is 440 g/mol. The highest BCUT2D eigenvalue weighted by Gasteiger charge is 2.40. The van der Waals surface area contributed by atoms with Crippen LogP contribution in [0.5, 0.6) is 0 Å². The highest BCUT2D eigenvalue weighted by Crippen LogP contribution is 2.39. The summed E-state index contributed by atoms with van der Waals surface area (Å²) in [5.41, 5.74) is 2.05. The predicted octanol–water partition coefficient (Wildman–Crippen LogP) is 7.52. The van der Waals surface area contributed by atoms with E-state index < -0.39 is 16.6 Å². The molecule has 0 saturated heterocycles. The molecule has 0 aliphatic rings. The summed E-state index contributed by atoms with van der Waals surface area (Å²) in [5.74, 6) is 0.144. The lowest BCUT2D eigenvalue weighted by Gasteiger charge is -2.40. The second-order valence-electron chi connectivity index (χ2n) is 11.6. The zero-order valence-electron chi connectivity index (χ0n) is 21.5. The molecule has 0 aromatic carbocycles. The first kappa shape index (κ1) is 28.5. The number of carbonyl (C=O) groups excluding carboxylic acids is 1. The number of aldehydes is 1. The second kappa shape index (κ2) is 10.7. The minimum Gasteiger partial charge on any atom is -0.417 e. The van der Waals surface area contributed by atoms with Gasteiger partial charge in [0.25, 0.3) is 0 Å². The lowest BCUT2D eigenvalue weighted by molar-refractivity contribution is -0.104. The molecule has 0 aromatic rings. The normalized spacial score (nSPS) is 17.3. The molecule has 0 N–H and O–H groups in total. The molecule has 2 atom stereocenters. The summed E-state index contributed by atoms with van der Waals surface area (Å²) in [7, 11) is -3.65. The van der Waals surface area contributed by atoms with E-state index in [9.17, 15) is 4.79 Å². The zero-order valence-corrected chi connectivity index (χ0v) is 23.5. The third kappa shape index (κ3) is 9.45. The summed E-state index contributed by atoms with van der Waals surface area (Å²) in [6.07, 6.45) is 6.09. The van der Waals surface area contributed by atoms with E-state index in [0.717, 1.165) is 24.9 Å². The highest BCUT2D eigenvalue weighted by atomic mass is 28.4. The minimum absolute atomic E-state index is 0.0290. The van der Waals surface area contributed by atoms with Crippen molar-refractivity contribution in [3.8, 4) is 0 Å². The Bertz CT molecular complexity index is 590. The fourth-order valence-electron chi connectivity index (χ4n) is 2.41. The lowest BCUT2D eigenvalue weighted by Crippen LogP contribution is -2.45. The molecule has 0 heterocycles. The fraction of sp³-hybridized carbons (Fsp3) is 0.792. The number of hydrogen-bond donors (Lipinski definition) is 0. The van der Waals surface area contributed by atoms with Crippen molar-refractivity contribution in [2.75, 3.05) is 6.61 Å². The standard InChI is InChI=1S/C24H48O3Si2/c1-19(14-15-26-28(10,11)23(4,5)6)17-22(21(3)16-20(2)18-25)27-29(12,13)24(7,8)9/h16-18,21-22H,14-15H2,1-13H3/b19-17+,20-16-/t21-,22+/m1/s1. The van der Waals surface area contributed by atoms with Crippen molar-refractivity contribution in [2.24, 2.45) is 5.92 Å². The molecule has 3 nitrogen and oxygen atoms in total. The molecule has 0 unspecified atom stereocenters. The minimum atomic E-state index is -1.93. The molecule has 0 aliphatic heterocycles. The Morgan fingerprint density at radius 1 is 0.897 bits per heavy atom. The number of allylic oxidation sites excluding steroid dienone is 1. The molecule has 0 amide bonds. The Labute approximate surface area is 183 Å². The highest BCUT2D eigenvalue weighted by molar-refractivity contribution is 6.74. The molecular weight excluding hydrogens is 392 g/mol. The first-order valence-electron chi connectivity index (χ1n) is 11.0. The van der Waals surface area contributed by atoms with E-state index in [2.05, 4.69) is 87.7 Å². The smallest absolute Gasteiger partial charge is 0.192 e. The predicted molar refractivity (Wildman–Crippen MR) is 133 cm³/mol. The summed E-state index contributed by atoms with van der Waals surface area (Å²) in [6.45, 7) is 29.7. The number of hydrogen-bond acceptors (Lipinski definition) is 3. The topological polar surface area (TPSA) is 35.5 Å². The van der Waals surface area contributed by atoms with Crippen molar-refractivity contribution in [1.29, 1.82) is 0 Å². The van der Waals surface area contributed by atoms with E-state index in [4.69, 9.17) is 8.85 Å². The zero-order chi connectivity index (χ0) is 23.3. The Morgan fingerprint density at radius 3 is 1.79 bits per heavy atom. The van der Waals surface area contributed by atoms with Crippen LogP contribution in [-0.4, -0.2) is 35.6 Å². The van der Waals surface area contributed by atoms with Gasteiger partial charge in [-0.15, -0.1) is 0 Å². The van der Waals surface area contributed by atoms with Crippen molar-refractivity contribution < 1.29 is 13.6 Å². The maximum Gasteiger partial charge on any atom is 0.192 e. The molecule has 5 heteroatoms. The van der Waals surface area contributed by atoms with E-state index in [1.54, 1.807) is 0 Å². The molecule has 29 heavy (non-hydrogen) atoms. The third-order valence-electron chi connectivity index (χ3n) is 6.68.